The molecule has 0 spiro atoms. The van der Waals surface area contributed by atoms with Crippen molar-refractivity contribution >= 4 is 11.9 Å². The average Bonchev–Trinajstić information content (AvgIpc) is 3.04. The molecule has 1 heterocycles. The second-order valence-electron chi connectivity index (χ2n) is 3.99. The quantitative estimate of drug-likeness (QED) is 0.751. The van der Waals surface area contributed by atoms with E-state index >= 15 is 0 Å². The van der Waals surface area contributed by atoms with Gasteiger partial charge in [0.25, 0.3) is 0 Å². The van der Waals surface area contributed by atoms with Crippen LogP contribution >= 0.6 is 0 Å². The van der Waals surface area contributed by atoms with E-state index in [0.717, 1.165) is 0 Å². The number of hydrogen-bond donors (Lipinski definition) is 2. The number of carboxylic acid groups (broad SMARTS) is 2. The summed E-state index contributed by atoms with van der Waals surface area (Å²) >= 11 is 0. The Kier molecular flexibility index (Phi) is 2.85. The molecular formula is C12H12O5. The molecule has 2 N–H and O–H groups in total. The number of ether oxygens (including phenoxy) is 1. The Labute approximate surface area is 97.6 Å². The minimum Gasteiger partial charge on any atom is -0.481 e. The summed E-state index contributed by atoms with van der Waals surface area (Å²) in [5, 5.41) is 17.6. The van der Waals surface area contributed by atoms with Crippen LogP contribution in [0.1, 0.15) is 18.4 Å². The Bertz CT molecular complexity index is 441. The van der Waals surface area contributed by atoms with Crippen LogP contribution in [0.2, 0.25) is 0 Å². The molecule has 0 aliphatic carbocycles. The first-order chi connectivity index (χ1) is 8.06. The van der Waals surface area contributed by atoms with Gasteiger partial charge in [-0.2, -0.15) is 0 Å². The van der Waals surface area contributed by atoms with E-state index in [1.807, 2.05) is 6.07 Å². The molecule has 1 aliphatic heterocycles. The van der Waals surface area contributed by atoms with Crippen LogP contribution in [0.5, 0.6) is 0 Å². The summed E-state index contributed by atoms with van der Waals surface area (Å²) in [6.45, 7) is 0. The van der Waals surface area contributed by atoms with E-state index < -0.39 is 23.6 Å². The highest BCUT2D eigenvalue weighted by atomic mass is 16.6. The van der Waals surface area contributed by atoms with Crippen molar-refractivity contribution < 1.29 is 24.5 Å². The lowest BCUT2D eigenvalue weighted by atomic mass is 9.90. The molecule has 17 heavy (non-hydrogen) atoms. The van der Waals surface area contributed by atoms with Crippen LogP contribution in [-0.2, 0) is 19.9 Å². The summed E-state index contributed by atoms with van der Waals surface area (Å²) < 4.78 is 5.24. The van der Waals surface area contributed by atoms with Gasteiger partial charge in [-0.3, -0.25) is 4.79 Å². The Balaban J connectivity index is 2.22. The van der Waals surface area contributed by atoms with Crippen LogP contribution in [0.15, 0.2) is 30.3 Å². The molecule has 1 aliphatic rings. The molecule has 1 saturated heterocycles. The molecule has 5 heteroatoms. The highest BCUT2D eigenvalue weighted by molar-refractivity contribution is 5.78. The van der Waals surface area contributed by atoms with Gasteiger partial charge < -0.3 is 14.9 Å². The molecule has 2 rings (SSSR count). The number of rotatable bonds is 5. The van der Waals surface area contributed by atoms with Gasteiger partial charge in [0.15, 0.2) is 6.10 Å². The van der Waals surface area contributed by atoms with Gasteiger partial charge in [0.1, 0.15) is 5.60 Å². The summed E-state index contributed by atoms with van der Waals surface area (Å²) in [5.74, 6) is -2.01. The first-order valence-corrected chi connectivity index (χ1v) is 5.24. The zero-order chi connectivity index (χ0) is 12.5. The minimum absolute atomic E-state index is 0.112. The molecule has 1 aromatic carbocycles. The van der Waals surface area contributed by atoms with E-state index in [4.69, 9.17) is 14.9 Å². The third-order valence-electron chi connectivity index (χ3n) is 2.89. The molecule has 0 amide bonds. The molecule has 1 fully saturated rings. The maximum atomic E-state index is 10.9. The van der Waals surface area contributed by atoms with Crippen molar-refractivity contribution in [3.8, 4) is 0 Å². The topological polar surface area (TPSA) is 87.1 Å². The summed E-state index contributed by atoms with van der Waals surface area (Å²) in [6.07, 6.45) is -0.883. The minimum atomic E-state index is -1.06. The van der Waals surface area contributed by atoms with Crippen LogP contribution in [0, 0.1) is 0 Å². The standard InChI is InChI=1S/C12H12O5/c13-9(14)6-7-12(10(17-12)11(15)16)8-4-2-1-3-5-8/h1-5,10H,6-7H2,(H,13,14)(H,15,16). The van der Waals surface area contributed by atoms with Crippen molar-refractivity contribution in [2.24, 2.45) is 0 Å². The number of hydrogen-bond acceptors (Lipinski definition) is 3. The Hall–Kier alpha value is -1.88. The molecule has 0 aromatic heterocycles. The number of aliphatic carboxylic acids is 2. The molecule has 0 bridgehead atoms. The lowest BCUT2D eigenvalue weighted by Gasteiger charge is -2.11. The second-order valence-corrected chi connectivity index (χ2v) is 3.99. The maximum Gasteiger partial charge on any atom is 0.336 e. The van der Waals surface area contributed by atoms with Gasteiger partial charge in [0, 0.05) is 6.42 Å². The van der Waals surface area contributed by atoms with Crippen molar-refractivity contribution in [1.29, 1.82) is 0 Å². The lowest BCUT2D eigenvalue weighted by Crippen LogP contribution is -2.20. The first-order valence-electron chi connectivity index (χ1n) is 5.24. The van der Waals surface area contributed by atoms with Crippen LogP contribution in [0.25, 0.3) is 0 Å². The van der Waals surface area contributed by atoms with Crippen molar-refractivity contribution in [2.75, 3.05) is 0 Å². The van der Waals surface area contributed by atoms with E-state index in [1.165, 1.54) is 0 Å². The molecular weight excluding hydrogens is 224 g/mol. The predicted molar refractivity (Wildman–Crippen MR) is 57.5 cm³/mol. The lowest BCUT2D eigenvalue weighted by molar-refractivity contribution is -0.139. The average molecular weight is 236 g/mol. The summed E-state index contributed by atoms with van der Waals surface area (Å²) in [6, 6.07) is 8.87. The zero-order valence-electron chi connectivity index (χ0n) is 9.00. The Morgan fingerprint density at radius 3 is 2.35 bits per heavy atom. The van der Waals surface area contributed by atoms with Gasteiger partial charge in [0.05, 0.1) is 0 Å². The second kappa shape index (κ2) is 4.18. The number of carboxylic acids is 2. The Morgan fingerprint density at radius 1 is 1.24 bits per heavy atom. The first kappa shape index (κ1) is 11.6. The number of epoxide rings is 1. The predicted octanol–water partition coefficient (Wildman–Crippen LogP) is 1.23. The molecule has 2 unspecified atom stereocenters. The van der Waals surface area contributed by atoms with Gasteiger partial charge >= 0.3 is 11.9 Å². The van der Waals surface area contributed by atoms with Gasteiger partial charge in [-0.1, -0.05) is 30.3 Å². The Morgan fingerprint density at radius 2 is 1.88 bits per heavy atom. The van der Waals surface area contributed by atoms with E-state index in [1.54, 1.807) is 24.3 Å². The molecule has 2 atom stereocenters. The van der Waals surface area contributed by atoms with Crippen LogP contribution < -0.4 is 0 Å². The fraction of sp³-hybridized carbons (Fsp3) is 0.333. The summed E-state index contributed by atoms with van der Waals surface area (Å²) in [5.41, 5.74) is -0.250. The van der Waals surface area contributed by atoms with Gasteiger partial charge in [-0.15, -0.1) is 0 Å². The maximum absolute atomic E-state index is 10.9. The largest absolute Gasteiger partial charge is 0.481 e. The van der Waals surface area contributed by atoms with Gasteiger partial charge in [-0.25, -0.2) is 4.79 Å². The third kappa shape index (κ3) is 2.14. The smallest absolute Gasteiger partial charge is 0.336 e. The highest BCUT2D eigenvalue weighted by Crippen LogP contribution is 2.49. The van der Waals surface area contributed by atoms with E-state index in [9.17, 15) is 9.59 Å². The molecule has 0 saturated carbocycles. The fourth-order valence-electron chi connectivity index (χ4n) is 1.99. The van der Waals surface area contributed by atoms with E-state index in [2.05, 4.69) is 0 Å². The zero-order valence-corrected chi connectivity index (χ0v) is 9.00. The summed E-state index contributed by atoms with van der Waals surface area (Å²) in [7, 11) is 0. The van der Waals surface area contributed by atoms with Crippen LogP contribution in [0.4, 0.5) is 0 Å². The van der Waals surface area contributed by atoms with E-state index in [-0.39, 0.29) is 12.8 Å². The SMILES string of the molecule is O=C(O)CCC1(c2ccccc2)OC1C(=O)O. The number of benzene rings is 1. The van der Waals surface area contributed by atoms with Crippen molar-refractivity contribution in [1.82, 2.24) is 0 Å². The molecule has 90 valence electrons. The molecule has 5 nitrogen and oxygen atoms in total. The monoisotopic (exact) mass is 236 g/mol. The number of carbonyl (C=O) groups is 2. The molecule has 1 aromatic rings. The molecule has 0 radical (unpaired) electrons. The normalized spacial score (nSPS) is 26.5. The third-order valence-corrected chi connectivity index (χ3v) is 2.89. The van der Waals surface area contributed by atoms with Crippen LogP contribution in [-0.4, -0.2) is 28.3 Å². The fourth-order valence-corrected chi connectivity index (χ4v) is 1.99. The van der Waals surface area contributed by atoms with Crippen molar-refractivity contribution in [3.63, 3.8) is 0 Å². The van der Waals surface area contributed by atoms with Gasteiger partial charge in [-0.05, 0) is 12.0 Å². The van der Waals surface area contributed by atoms with Crippen LogP contribution in [0.3, 0.4) is 0 Å². The van der Waals surface area contributed by atoms with E-state index in [0.29, 0.717) is 5.56 Å². The van der Waals surface area contributed by atoms with Crippen molar-refractivity contribution in [2.45, 2.75) is 24.5 Å². The van der Waals surface area contributed by atoms with Crippen molar-refractivity contribution in [3.05, 3.63) is 35.9 Å². The highest BCUT2D eigenvalue weighted by Gasteiger charge is 2.61. The van der Waals surface area contributed by atoms with Gasteiger partial charge in [0.2, 0.25) is 0 Å². The summed E-state index contributed by atoms with van der Waals surface area (Å²) in [4.78, 5) is 21.5.